The van der Waals surface area contributed by atoms with Gasteiger partial charge in [-0.15, -0.1) is 0 Å². The number of nitrogens with one attached hydrogen (secondary N) is 1. The molecule has 0 unspecified atom stereocenters. The number of nitriles is 1. The summed E-state index contributed by atoms with van der Waals surface area (Å²) >= 11 is 0. The van der Waals surface area contributed by atoms with Crippen molar-refractivity contribution < 1.29 is 4.74 Å². The highest BCUT2D eigenvalue weighted by Crippen LogP contribution is 2.14. The molecule has 2 rings (SSSR count). The Morgan fingerprint density at radius 3 is 2.91 bits per heavy atom. The third-order valence-electron chi connectivity index (χ3n) is 2.98. The summed E-state index contributed by atoms with van der Waals surface area (Å²) in [5.74, 6) is 1.18. The van der Waals surface area contributed by atoms with E-state index in [0.29, 0.717) is 30.4 Å². The molecule has 2 aromatic heterocycles. The molecule has 6 nitrogen and oxygen atoms in total. The molecule has 0 radical (unpaired) electrons. The normalized spacial score (nSPS) is 10.3. The first-order valence-electron chi connectivity index (χ1n) is 7.00. The predicted molar refractivity (Wildman–Crippen MR) is 84.6 cm³/mol. The Kier molecular flexibility index (Phi) is 5.69. The average Bonchev–Trinajstić information content (AvgIpc) is 2.53. The molecule has 1 N–H and O–H groups in total. The zero-order chi connectivity index (χ0) is 15.8. The summed E-state index contributed by atoms with van der Waals surface area (Å²) in [5.41, 5.74) is 1.54. The molecule has 0 aromatic carbocycles. The minimum Gasteiger partial charge on any atom is -0.476 e. The third kappa shape index (κ3) is 4.72. The molecule has 2 aromatic rings. The number of aromatic nitrogens is 2. The van der Waals surface area contributed by atoms with E-state index in [9.17, 15) is 0 Å². The fourth-order valence-electron chi connectivity index (χ4n) is 1.79. The molecule has 2 heterocycles. The molecule has 0 saturated carbocycles. The van der Waals surface area contributed by atoms with Crippen LogP contribution in [0, 0.1) is 11.3 Å². The van der Waals surface area contributed by atoms with Gasteiger partial charge in [0.15, 0.2) is 0 Å². The smallest absolute Gasteiger partial charge is 0.213 e. The molecular formula is C16H19N5O. The summed E-state index contributed by atoms with van der Waals surface area (Å²) in [4.78, 5) is 10.4. The van der Waals surface area contributed by atoms with Crippen LogP contribution in [0.2, 0.25) is 0 Å². The van der Waals surface area contributed by atoms with E-state index in [4.69, 9.17) is 10.00 Å². The van der Waals surface area contributed by atoms with E-state index in [2.05, 4.69) is 26.3 Å². The van der Waals surface area contributed by atoms with Crippen molar-refractivity contribution in [1.29, 1.82) is 5.26 Å². The van der Waals surface area contributed by atoms with Crippen molar-refractivity contribution in [2.24, 2.45) is 0 Å². The van der Waals surface area contributed by atoms with Gasteiger partial charge in [-0.1, -0.05) is 0 Å². The summed E-state index contributed by atoms with van der Waals surface area (Å²) in [6, 6.07) is 9.38. The Morgan fingerprint density at radius 1 is 1.27 bits per heavy atom. The van der Waals surface area contributed by atoms with Crippen molar-refractivity contribution in [3.63, 3.8) is 0 Å². The van der Waals surface area contributed by atoms with Crippen LogP contribution >= 0.6 is 0 Å². The minimum absolute atomic E-state index is 0.527. The van der Waals surface area contributed by atoms with Gasteiger partial charge < -0.3 is 15.0 Å². The monoisotopic (exact) mass is 297 g/mol. The van der Waals surface area contributed by atoms with Crippen LogP contribution in [0.4, 0.5) is 5.82 Å². The third-order valence-corrected chi connectivity index (χ3v) is 2.98. The molecule has 0 fully saturated rings. The van der Waals surface area contributed by atoms with Crippen LogP contribution in [0.5, 0.6) is 5.88 Å². The average molecular weight is 297 g/mol. The van der Waals surface area contributed by atoms with E-state index in [0.717, 1.165) is 12.1 Å². The van der Waals surface area contributed by atoms with Crippen molar-refractivity contribution in [3.05, 3.63) is 47.8 Å². The maximum Gasteiger partial charge on any atom is 0.213 e. The van der Waals surface area contributed by atoms with Gasteiger partial charge in [-0.2, -0.15) is 5.26 Å². The zero-order valence-electron chi connectivity index (χ0n) is 12.8. The topological polar surface area (TPSA) is 74.1 Å². The fraction of sp³-hybridized carbons (Fsp3) is 0.312. The van der Waals surface area contributed by atoms with Crippen molar-refractivity contribution >= 4 is 5.82 Å². The predicted octanol–water partition coefficient (Wildman–Crippen LogP) is 1.90. The van der Waals surface area contributed by atoms with Gasteiger partial charge in [-0.05, 0) is 37.9 Å². The van der Waals surface area contributed by atoms with Crippen LogP contribution < -0.4 is 10.1 Å². The first-order valence-corrected chi connectivity index (χ1v) is 7.00. The number of anilines is 1. The van der Waals surface area contributed by atoms with Gasteiger partial charge in [0.1, 0.15) is 18.5 Å². The second-order valence-corrected chi connectivity index (χ2v) is 5.02. The largest absolute Gasteiger partial charge is 0.476 e. The molecule has 0 bridgehead atoms. The zero-order valence-corrected chi connectivity index (χ0v) is 12.8. The second kappa shape index (κ2) is 7.96. The highest BCUT2D eigenvalue weighted by Gasteiger charge is 2.03. The van der Waals surface area contributed by atoms with E-state index >= 15 is 0 Å². The van der Waals surface area contributed by atoms with Gasteiger partial charge in [-0.25, -0.2) is 9.97 Å². The van der Waals surface area contributed by atoms with Gasteiger partial charge >= 0.3 is 0 Å². The number of pyridine rings is 2. The molecule has 0 aliphatic carbocycles. The molecular weight excluding hydrogens is 278 g/mol. The molecule has 6 heteroatoms. The molecule has 0 saturated heterocycles. The molecule has 0 amide bonds. The highest BCUT2D eigenvalue weighted by molar-refractivity contribution is 5.51. The number of nitrogens with zero attached hydrogens (tertiary/aromatic N) is 4. The Morgan fingerprint density at radius 2 is 2.14 bits per heavy atom. The van der Waals surface area contributed by atoms with Crippen molar-refractivity contribution in [2.45, 2.75) is 6.54 Å². The van der Waals surface area contributed by atoms with E-state index in [-0.39, 0.29) is 0 Å². The number of rotatable bonds is 7. The molecule has 114 valence electrons. The quantitative estimate of drug-likeness (QED) is 0.841. The Labute approximate surface area is 130 Å². The minimum atomic E-state index is 0.527. The van der Waals surface area contributed by atoms with Crippen LogP contribution in [-0.2, 0) is 6.54 Å². The van der Waals surface area contributed by atoms with Crippen molar-refractivity contribution in [3.8, 4) is 11.9 Å². The first kappa shape index (κ1) is 15.7. The van der Waals surface area contributed by atoms with Crippen LogP contribution in [-0.4, -0.2) is 42.1 Å². The van der Waals surface area contributed by atoms with Gasteiger partial charge in [0.25, 0.3) is 0 Å². The lowest BCUT2D eigenvalue weighted by Gasteiger charge is -2.11. The first-order chi connectivity index (χ1) is 10.7. The number of likely N-dealkylation sites (N-methyl/N-ethyl adjacent to an activating group) is 1. The van der Waals surface area contributed by atoms with E-state index in [1.165, 1.54) is 0 Å². The number of hydrogen-bond acceptors (Lipinski definition) is 6. The summed E-state index contributed by atoms with van der Waals surface area (Å²) in [5, 5.41) is 12.2. The number of hydrogen-bond donors (Lipinski definition) is 1. The van der Waals surface area contributed by atoms with Crippen LogP contribution in [0.1, 0.15) is 11.1 Å². The van der Waals surface area contributed by atoms with Crippen LogP contribution in [0.3, 0.4) is 0 Å². The Hall–Kier alpha value is -2.65. The Balaban J connectivity index is 1.94. The summed E-state index contributed by atoms with van der Waals surface area (Å²) in [7, 11) is 3.99. The molecule has 0 spiro atoms. The van der Waals surface area contributed by atoms with Crippen molar-refractivity contribution in [1.82, 2.24) is 14.9 Å². The van der Waals surface area contributed by atoms with Crippen LogP contribution in [0.15, 0.2) is 36.7 Å². The van der Waals surface area contributed by atoms with Gasteiger partial charge in [0, 0.05) is 31.5 Å². The molecule has 0 aliphatic heterocycles. The summed E-state index contributed by atoms with van der Waals surface area (Å²) in [6.07, 6.45) is 3.37. The van der Waals surface area contributed by atoms with E-state index in [1.54, 1.807) is 24.5 Å². The summed E-state index contributed by atoms with van der Waals surface area (Å²) in [6.45, 7) is 1.98. The molecule has 22 heavy (non-hydrogen) atoms. The number of ether oxygens (including phenoxy) is 1. The lowest BCUT2D eigenvalue weighted by atomic mass is 10.2. The maximum atomic E-state index is 9.04. The van der Waals surface area contributed by atoms with E-state index < -0.39 is 0 Å². The lowest BCUT2D eigenvalue weighted by molar-refractivity contribution is 0.253. The Bertz CT molecular complexity index is 651. The van der Waals surface area contributed by atoms with E-state index in [1.807, 2.05) is 26.2 Å². The van der Waals surface area contributed by atoms with Gasteiger partial charge in [0.2, 0.25) is 5.88 Å². The van der Waals surface area contributed by atoms with Gasteiger partial charge in [-0.3, -0.25) is 0 Å². The second-order valence-electron chi connectivity index (χ2n) is 5.02. The SMILES string of the molecule is CN(C)CCOc1cc(CNc2ncccc2C#N)ccn1. The fourth-order valence-corrected chi connectivity index (χ4v) is 1.79. The van der Waals surface area contributed by atoms with Gasteiger partial charge in [0.05, 0.1) is 5.56 Å². The highest BCUT2D eigenvalue weighted by atomic mass is 16.5. The van der Waals surface area contributed by atoms with Crippen LogP contribution in [0.25, 0.3) is 0 Å². The standard InChI is InChI=1S/C16H19N5O/c1-21(2)8-9-22-15-10-13(5-7-18-15)12-20-16-14(11-17)4-3-6-19-16/h3-7,10H,8-9,12H2,1-2H3,(H,19,20). The molecule has 0 atom stereocenters. The lowest BCUT2D eigenvalue weighted by Crippen LogP contribution is -2.19. The molecule has 0 aliphatic rings. The maximum absolute atomic E-state index is 9.04. The summed E-state index contributed by atoms with van der Waals surface area (Å²) < 4.78 is 5.61. The van der Waals surface area contributed by atoms with Crippen molar-refractivity contribution in [2.75, 3.05) is 32.6 Å².